The summed E-state index contributed by atoms with van der Waals surface area (Å²) in [5.74, 6) is 0. The number of hydrogen-bond acceptors (Lipinski definition) is 3. The Kier molecular flexibility index (Phi) is 6.80. The van der Waals surface area contributed by atoms with E-state index in [-0.39, 0.29) is 0 Å². The van der Waals surface area contributed by atoms with Crippen molar-refractivity contribution >= 4 is 45.9 Å². The van der Waals surface area contributed by atoms with Crippen LogP contribution in [0.2, 0.25) is 5.02 Å². The first-order valence-corrected chi connectivity index (χ1v) is 9.82. The van der Waals surface area contributed by atoms with Gasteiger partial charge in [0.25, 0.3) is 0 Å². The molecule has 0 aliphatic heterocycles. The molecule has 0 spiro atoms. The predicted octanol–water partition coefficient (Wildman–Crippen LogP) is 7.47. The molecule has 3 aromatic carbocycles. The molecule has 1 nitrogen and oxygen atoms in total. The molecule has 0 aliphatic rings. The lowest BCUT2D eigenvalue weighted by molar-refractivity contribution is 1.47. The van der Waals surface area contributed by atoms with Crippen LogP contribution in [0, 0.1) is 0 Å². The zero-order chi connectivity index (χ0) is 17.3. The molecule has 0 aromatic heterocycles. The van der Waals surface area contributed by atoms with Crippen LogP contribution in [0.15, 0.2) is 111 Å². The van der Waals surface area contributed by atoms with Gasteiger partial charge in [0.15, 0.2) is 0 Å². The largest absolute Gasteiger partial charge is 0.242 e. The van der Waals surface area contributed by atoms with E-state index in [1.54, 1.807) is 23.5 Å². The Labute approximate surface area is 161 Å². The number of hydrogen-bond donors (Lipinski definition) is 0. The molecule has 0 unspecified atom stereocenters. The molecular weight excluding hydrogens is 366 g/mol. The fourth-order valence-electron chi connectivity index (χ4n) is 2.04. The molecule has 0 atom stereocenters. The first-order chi connectivity index (χ1) is 12.3. The summed E-state index contributed by atoms with van der Waals surface area (Å²) in [5.41, 5.74) is 0.932. The van der Waals surface area contributed by atoms with Gasteiger partial charge in [-0.15, -0.1) is 0 Å². The fourth-order valence-corrected chi connectivity index (χ4v) is 3.92. The molecule has 0 saturated carbocycles. The van der Waals surface area contributed by atoms with Gasteiger partial charge in [-0.05, 0) is 53.9 Å². The van der Waals surface area contributed by atoms with E-state index in [1.807, 2.05) is 78.9 Å². The second kappa shape index (κ2) is 9.52. The maximum atomic E-state index is 6.10. The van der Waals surface area contributed by atoms with Crippen molar-refractivity contribution in [1.82, 2.24) is 0 Å². The van der Waals surface area contributed by atoms with Crippen LogP contribution in [-0.4, -0.2) is 5.04 Å². The summed E-state index contributed by atoms with van der Waals surface area (Å²) in [7, 11) is 0. The van der Waals surface area contributed by atoms with E-state index in [0.717, 1.165) is 20.6 Å². The van der Waals surface area contributed by atoms with E-state index in [1.165, 1.54) is 4.90 Å². The smallest absolute Gasteiger partial charge is 0.102 e. The maximum Gasteiger partial charge on any atom is 0.102 e. The number of halogens is 1. The highest BCUT2D eigenvalue weighted by Gasteiger charge is 2.02. The van der Waals surface area contributed by atoms with Gasteiger partial charge < -0.3 is 0 Å². The van der Waals surface area contributed by atoms with Crippen molar-refractivity contribution in [3.8, 4) is 0 Å². The minimum Gasteiger partial charge on any atom is -0.242 e. The minimum absolute atomic E-state index is 0.728. The molecule has 3 aromatic rings. The Balaban J connectivity index is 1.80. The molecule has 0 heterocycles. The number of nitrogens with zero attached hydrogens (tertiary/aromatic N) is 1. The summed E-state index contributed by atoms with van der Waals surface area (Å²) >= 11 is 9.37. The van der Waals surface area contributed by atoms with Gasteiger partial charge in [-0.2, -0.15) is 0 Å². The van der Waals surface area contributed by atoms with Crippen LogP contribution in [-0.2, 0) is 0 Å². The number of rotatable bonds is 5. The quantitative estimate of drug-likeness (QED) is 0.258. The summed E-state index contributed by atoms with van der Waals surface area (Å²) in [6, 6.07) is 28.0. The van der Waals surface area contributed by atoms with E-state index in [2.05, 4.69) is 17.5 Å². The average Bonchev–Trinajstić information content (AvgIpc) is 2.63. The van der Waals surface area contributed by atoms with Crippen molar-refractivity contribution in [1.29, 1.82) is 0 Å². The second-order valence-corrected chi connectivity index (χ2v) is 7.59. The third kappa shape index (κ3) is 6.13. The lowest BCUT2D eigenvalue weighted by atomic mass is 10.3. The summed E-state index contributed by atoms with van der Waals surface area (Å²) in [5, 5.41) is 3.71. The summed E-state index contributed by atoms with van der Waals surface area (Å²) in [6.07, 6.45) is 2.04. The van der Waals surface area contributed by atoms with Gasteiger partial charge in [0, 0.05) is 14.8 Å². The van der Waals surface area contributed by atoms with Crippen LogP contribution < -0.4 is 0 Å². The van der Waals surface area contributed by atoms with Crippen LogP contribution in [0.1, 0.15) is 0 Å². The molecule has 0 saturated heterocycles. The number of benzene rings is 3. The Bertz CT molecular complexity index is 861. The highest BCUT2D eigenvalue weighted by Crippen LogP contribution is 2.27. The van der Waals surface area contributed by atoms with E-state index in [0.29, 0.717) is 0 Å². The molecule has 4 heteroatoms. The van der Waals surface area contributed by atoms with Crippen molar-refractivity contribution in [2.45, 2.75) is 9.79 Å². The first-order valence-electron chi connectivity index (χ1n) is 7.75. The molecule has 0 radical (unpaired) electrons. The Morgan fingerprint density at radius 1 is 0.800 bits per heavy atom. The predicted molar refractivity (Wildman–Crippen MR) is 112 cm³/mol. The highest BCUT2D eigenvalue weighted by molar-refractivity contribution is 8.14. The Morgan fingerprint density at radius 2 is 1.48 bits per heavy atom. The first kappa shape index (κ1) is 17.9. The monoisotopic (exact) mass is 381 g/mol. The Hall–Kier alpha value is -1.94. The normalized spacial score (nSPS) is 11.8. The van der Waals surface area contributed by atoms with E-state index in [9.17, 15) is 0 Å². The number of thioether (sulfide) groups is 2. The lowest BCUT2D eigenvalue weighted by Gasteiger charge is -2.03. The van der Waals surface area contributed by atoms with Crippen molar-refractivity contribution < 1.29 is 0 Å². The second-order valence-electron chi connectivity index (χ2n) is 5.08. The molecule has 0 bridgehead atoms. The zero-order valence-corrected chi connectivity index (χ0v) is 15.8. The van der Waals surface area contributed by atoms with Crippen LogP contribution in [0.4, 0.5) is 5.69 Å². The van der Waals surface area contributed by atoms with Gasteiger partial charge in [0.1, 0.15) is 5.04 Å². The van der Waals surface area contributed by atoms with Crippen LogP contribution in [0.3, 0.4) is 0 Å². The number of aliphatic imine (C=N–C) groups is 1. The average molecular weight is 382 g/mol. The Morgan fingerprint density at radius 3 is 2.20 bits per heavy atom. The van der Waals surface area contributed by atoms with Crippen molar-refractivity contribution in [3.05, 3.63) is 101 Å². The zero-order valence-electron chi connectivity index (χ0n) is 13.4. The molecule has 124 valence electrons. The minimum atomic E-state index is 0.728. The fraction of sp³-hybridized carbons (Fsp3) is 0. The van der Waals surface area contributed by atoms with Crippen LogP contribution in [0.25, 0.3) is 0 Å². The molecule has 0 aliphatic carbocycles. The summed E-state index contributed by atoms with van der Waals surface area (Å²) in [4.78, 5) is 7.02. The van der Waals surface area contributed by atoms with E-state index >= 15 is 0 Å². The van der Waals surface area contributed by atoms with Gasteiger partial charge >= 0.3 is 0 Å². The van der Waals surface area contributed by atoms with Gasteiger partial charge in [-0.25, -0.2) is 4.99 Å². The lowest BCUT2D eigenvalue weighted by Crippen LogP contribution is -1.86. The highest BCUT2D eigenvalue weighted by atomic mass is 35.5. The topological polar surface area (TPSA) is 12.4 Å². The number of para-hydroxylation sites is 1. The standard InChI is InChI=1S/C21H16ClNS2/c22-17-8-7-13-20(16-17)25-21(23-18-9-3-1-4-10-18)14-15-24-19-11-5-2-6-12-19/h1-16H. The molecule has 25 heavy (non-hydrogen) atoms. The van der Waals surface area contributed by atoms with E-state index < -0.39 is 0 Å². The summed E-state index contributed by atoms with van der Waals surface area (Å²) < 4.78 is 0. The van der Waals surface area contributed by atoms with Gasteiger partial charge in [0.05, 0.1) is 5.69 Å². The molecule has 0 amide bonds. The van der Waals surface area contributed by atoms with E-state index in [4.69, 9.17) is 16.6 Å². The van der Waals surface area contributed by atoms with Gasteiger partial charge in [-0.3, -0.25) is 0 Å². The molecule has 0 N–H and O–H groups in total. The van der Waals surface area contributed by atoms with Gasteiger partial charge in [0.2, 0.25) is 0 Å². The third-order valence-electron chi connectivity index (χ3n) is 3.17. The molecular formula is C21H16ClNS2. The third-order valence-corrected chi connectivity index (χ3v) is 5.15. The van der Waals surface area contributed by atoms with Crippen LogP contribution in [0.5, 0.6) is 0 Å². The molecule has 3 rings (SSSR count). The van der Waals surface area contributed by atoms with Crippen molar-refractivity contribution in [2.24, 2.45) is 4.99 Å². The van der Waals surface area contributed by atoms with Crippen LogP contribution >= 0.6 is 35.1 Å². The maximum absolute atomic E-state index is 6.10. The van der Waals surface area contributed by atoms with Crippen molar-refractivity contribution in [2.75, 3.05) is 0 Å². The SMILES string of the molecule is Clc1cccc(SC(C=CSc2ccccc2)=Nc2ccccc2)c1. The van der Waals surface area contributed by atoms with Crippen molar-refractivity contribution in [3.63, 3.8) is 0 Å². The summed E-state index contributed by atoms with van der Waals surface area (Å²) in [6.45, 7) is 0. The van der Waals surface area contributed by atoms with Gasteiger partial charge in [-0.1, -0.05) is 77.6 Å². The molecule has 0 fully saturated rings.